The van der Waals surface area contributed by atoms with Crippen molar-refractivity contribution in [3.63, 3.8) is 0 Å². The number of hydrogen-bond donors (Lipinski definition) is 8. The Morgan fingerprint density at radius 1 is 0.678 bits per heavy atom. The number of aliphatic hydroxyl groups is 2. The van der Waals surface area contributed by atoms with Crippen LogP contribution in [0.5, 0.6) is 5.75 Å². The van der Waals surface area contributed by atoms with Crippen molar-refractivity contribution in [1.82, 2.24) is 60.6 Å². The maximum atomic E-state index is 15.2. The highest BCUT2D eigenvalue weighted by Crippen LogP contribution is 2.43. The Kier molecular flexibility index (Phi) is 17.0. The molecule has 7 atom stereocenters. The van der Waals surface area contributed by atoms with Crippen LogP contribution in [0.3, 0.4) is 0 Å². The van der Waals surface area contributed by atoms with Gasteiger partial charge in [-0.25, -0.2) is 34.9 Å². The van der Waals surface area contributed by atoms with E-state index >= 15 is 4.79 Å². The fraction of sp³-hybridized carbons (Fsp3) is 0.293. The van der Waals surface area contributed by atoms with Crippen LogP contribution in [0, 0.1) is 12.8 Å². The quantitative estimate of drug-likeness (QED) is 0.0770. The molecule has 0 aliphatic carbocycles. The topological polar surface area (TPSA) is 348 Å². The van der Waals surface area contributed by atoms with Crippen LogP contribution in [0.15, 0.2) is 93.6 Å². The van der Waals surface area contributed by atoms with E-state index in [0.29, 0.717) is 90.3 Å². The Bertz CT molecular complexity index is 4080. The highest BCUT2D eigenvalue weighted by atomic mass is 32.1. The fourth-order valence-electron chi connectivity index (χ4n) is 10.6. The summed E-state index contributed by atoms with van der Waals surface area (Å²) in [4.78, 5) is 122. The molecule has 3 aliphatic rings. The molecule has 12 rings (SSSR count). The largest absolute Gasteiger partial charge is 0.508 e. The van der Waals surface area contributed by atoms with E-state index in [9.17, 15) is 39.3 Å². The summed E-state index contributed by atoms with van der Waals surface area (Å²) >= 11 is 7.04. The zero-order valence-corrected chi connectivity index (χ0v) is 51.1. The van der Waals surface area contributed by atoms with Crippen LogP contribution in [-0.4, -0.2) is 133 Å². The number of hydrogen-bond acceptors (Lipinski definition) is 23. The van der Waals surface area contributed by atoms with Crippen LogP contribution >= 0.6 is 68.0 Å². The van der Waals surface area contributed by atoms with Crippen molar-refractivity contribution in [3.05, 3.63) is 147 Å². The first-order valence-electron chi connectivity index (χ1n) is 27.4. The Labute approximate surface area is 520 Å². The number of likely N-dealkylation sites (tertiary alicyclic amines) is 1. The molecule has 0 radical (unpaired) electrons. The minimum Gasteiger partial charge on any atom is -0.508 e. The number of phenols is 1. The third-order valence-corrected chi connectivity index (χ3v) is 20.8. The van der Waals surface area contributed by atoms with Gasteiger partial charge >= 0.3 is 0 Å². The van der Waals surface area contributed by atoms with E-state index in [-0.39, 0.29) is 63.5 Å². The van der Waals surface area contributed by atoms with E-state index in [2.05, 4.69) is 25.9 Å². The molecule has 10 bridgehead atoms. The molecule has 10 heterocycles. The number of carbonyl (C=O) groups is 6. The summed E-state index contributed by atoms with van der Waals surface area (Å²) in [7, 11) is 0. The first-order chi connectivity index (χ1) is 41.9. The van der Waals surface area contributed by atoms with Gasteiger partial charge in [0.25, 0.3) is 23.6 Å². The van der Waals surface area contributed by atoms with E-state index in [1.807, 2.05) is 17.7 Å². The molecule has 446 valence electrons. The Morgan fingerprint density at radius 2 is 1.32 bits per heavy atom. The average Bonchev–Trinajstić information content (AvgIpc) is 3.27. The van der Waals surface area contributed by atoms with Crippen LogP contribution in [0.1, 0.15) is 123 Å². The van der Waals surface area contributed by atoms with Gasteiger partial charge in [0, 0.05) is 75.4 Å². The number of piperidine rings is 1. The van der Waals surface area contributed by atoms with Gasteiger partial charge in [0.1, 0.15) is 93.8 Å². The van der Waals surface area contributed by atoms with E-state index in [4.69, 9.17) is 36.4 Å². The van der Waals surface area contributed by atoms with Crippen molar-refractivity contribution >= 4 is 103 Å². The molecule has 7 aromatic heterocycles. The molecular formula is C58H54N14O9S6. The molecule has 2 saturated heterocycles. The smallest absolute Gasteiger partial charge is 0.273 e. The maximum absolute atomic E-state index is 15.2. The molecule has 87 heavy (non-hydrogen) atoms. The molecule has 9 aromatic rings. The lowest BCUT2D eigenvalue weighted by atomic mass is 10.00. The van der Waals surface area contributed by atoms with Gasteiger partial charge in [-0.2, -0.15) is 0 Å². The molecule has 10 N–H and O–H groups in total. The lowest BCUT2D eigenvalue weighted by Gasteiger charge is -2.29. The van der Waals surface area contributed by atoms with E-state index in [1.54, 1.807) is 77.2 Å². The summed E-state index contributed by atoms with van der Waals surface area (Å²) in [6, 6.07) is 14.0. The van der Waals surface area contributed by atoms with Crippen molar-refractivity contribution in [2.45, 2.75) is 81.9 Å². The maximum Gasteiger partial charge on any atom is 0.273 e. The number of primary amides is 1. The van der Waals surface area contributed by atoms with Gasteiger partial charge in [-0.1, -0.05) is 49.4 Å². The van der Waals surface area contributed by atoms with Gasteiger partial charge in [-0.3, -0.25) is 28.8 Å². The normalized spacial score (nSPS) is 20.7. The Morgan fingerprint density at radius 3 is 2.08 bits per heavy atom. The van der Waals surface area contributed by atoms with Gasteiger partial charge in [0.2, 0.25) is 11.8 Å². The standard InChI is InChI=1S/C58H54N14O9S6/c1-26-41(74)20-72-46(26)56-67-39(24-86-56)53-64-36(21-83-53)44-32(12-13-33(61-44)52-68-40(25-84-52)57(80)71-16-14-30(59)15-17-71)51-65-37(22-82-51)48(77)62-34(19-42(60)75)54-70-43(27(2)87-54)50(79)69-45(47(76)29-6-4-3-5-7-29)55-66-38(23-85-55)49(78)63-35(58(72)81)18-28-8-10-31(73)11-9-28/h3-13,21-26,30,34-35,41,45-47,73-74,76H,14-20,59H2,1-2H3,(H2,60,75)(H,62,77)(H,63,78)(H,69,79)/t26-,34-,35-,41-,45-,46-,47+/m0/s1. The number of nitrogens with one attached hydrogen (secondary N) is 3. The third-order valence-electron chi connectivity index (χ3n) is 15.3. The molecule has 3 aliphatic heterocycles. The SMILES string of the molecule is Cc1sc2nc1C(=O)N[C@@H]([C@H](O)c1ccccc1)c1nc(cs1)C(=O)N[C@@H](Cc1ccc(O)cc1)C(=O)N1C[C@H](O)[C@H](C)[C@H]1c1nc(cs1)-c1nc(cs1)-c1nc(-c3nc(C(=O)N4CCC(N)CC4)cs3)ccc1-c1nc(cs1)C(=O)N[C@H]2CC(N)=O. The highest BCUT2D eigenvalue weighted by Gasteiger charge is 2.45. The summed E-state index contributed by atoms with van der Waals surface area (Å²) < 4.78 is 0. The van der Waals surface area contributed by atoms with Crippen LogP contribution in [0.2, 0.25) is 0 Å². The first-order valence-corrected chi connectivity index (χ1v) is 32.7. The van der Waals surface area contributed by atoms with Gasteiger partial charge in [-0.05, 0) is 55.2 Å². The number of benzene rings is 2. The predicted octanol–water partition coefficient (Wildman–Crippen LogP) is 6.85. The van der Waals surface area contributed by atoms with E-state index in [0.717, 1.165) is 34.0 Å². The summed E-state index contributed by atoms with van der Waals surface area (Å²) in [5.74, 6) is -4.16. The molecule has 0 spiro atoms. The summed E-state index contributed by atoms with van der Waals surface area (Å²) in [5, 5.41) is 52.8. The zero-order valence-electron chi connectivity index (χ0n) is 46.2. The van der Waals surface area contributed by atoms with E-state index in [1.165, 1.54) is 56.4 Å². The number of rotatable bonds is 8. The number of carbonyl (C=O) groups excluding carboxylic acids is 6. The van der Waals surface area contributed by atoms with Crippen molar-refractivity contribution in [1.29, 1.82) is 0 Å². The van der Waals surface area contributed by atoms with Crippen molar-refractivity contribution in [3.8, 4) is 49.1 Å². The number of aromatic hydroxyl groups is 1. The number of phenolic OH excluding ortho intramolecular Hbond substituents is 1. The van der Waals surface area contributed by atoms with Crippen LogP contribution in [0.25, 0.3) is 43.4 Å². The molecule has 0 saturated carbocycles. The monoisotopic (exact) mass is 1280 g/mol. The molecule has 2 aromatic carbocycles. The van der Waals surface area contributed by atoms with E-state index < -0.39 is 78.2 Å². The Balaban J connectivity index is 0.948. The molecule has 23 nitrogen and oxygen atoms in total. The van der Waals surface area contributed by atoms with Gasteiger partial charge < -0.3 is 52.5 Å². The predicted molar refractivity (Wildman–Crippen MR) is 329 cm³/mol. The van der Waals surface area contributed by atoms with Crippen molar-refractivity contribution < 1.29 is 44.1 Å². The number of aromatic nitrogens is 7. The Hall–Kier alpha value is -8.13. The number of pyridine rings is 1. The second-order valence-electron chi connectivity index (χ2n) is 21.2. The minimum atomic E-state index is -1.41. The van der Waals surface area contributed by atoms with Gasteiger partial charge in [0.05, 0.1) is 30.3 Å². The molecular weight excluding hydrogens is 1230 g/mol. The number of thiazole rings is 6. The fourth-order valence-corrected chi connectivity index (χ4v) is 15.9. The second-order valence-corrected chi connectivity index (χ2v) is 26.8. The number of amides is 6. The van der Waals surface area contributed by atoms with Crippen LogP contribution < -0.4 is 27.4 Å². The molecule has 0 unspecified atom stereocenters. The summed E-state index contributed by atoms with van der Waals surface area (Å²) in [5.41, 5.74) is 15.2. The lowest BCUT2D eigenvalue weighted by molar-refractivity contribution is -0.134. The zero-order chi connectivity index (χ0) is 60.8. The number of nitrogens with two attached hydrogens (primary N) is 2. The van der Waals surface area contributed by atoms with Crippen LogP contribution in [0.4, 0.5) is 0 Å². The lowest BCUT2D eigenvalue weighted by Crippen LogP contribution is -2.50. The molecule has 6 amide bonds. The second kappa shape index (κ2) is 24.9. The number of nitrogens with zero attached hydrogens (tertiary/aromatic N) is 9. The average molecular weight is 1280 g/mol. The summed E-state index contributed by atoms with van der Waals surface area (Å²) in [6.07, 6.45) is -1.41. The van der Waals surface area contributed by atoms with Gasteiger partial charge in [-0.15, -0.1) is 68.0 Å². The number of fused-ring (bicyclic) bond motifs is 16. The van der Waals surface area contributed by atoms with Crippen LogP contribution in [-0.2, 0) is 16.0 Å². The third kappa shape index (κ3) is 12.4. The van der Waals surface area contributed by atoms with Crippen molar-refractivity contribution in [2.75, 3.05) is 19.6 Å². The molecule has 29 heteroatoms. The highest BCUT2D eigenvalue weighted by molar-refractivity contribution is 7.15. The number of aliphatic hydroxyl groups excluding tert-OH is 2. The minimum absolute atomic E-state index is 0.000729. The molecule has 2 fully saturated rings. The first kappa shape index (κ1) is 59.2. The number of aryl methyl sites for hydroxylation is 1. The van der Waals surface area contributed by atoms with Gasteiger partial charge in [0.15, 0.2) is 0 Å². The van der Waals surface area contributed by atoms with Crippen molar-refractivity contribution in [2.24, 2.45) is 17.4 Å². The summed E-state index contributed by atoms with van der Waals surface area (Å²) in [6.45, 7) is 4.43.